The first-order chi connectivity index (χ1) is 7.95. The highest BCUT2D eigenvalue weighted by atomic mass is 35.5. The summed E-state index contributed by atoms with van der Waals surface area (Å²) in [5, 5.41) is 4.15. The van der Waals surface area contributed by atoms with E-state index in [0.717, 1.165) is 12.1 Å². The highest BCUT2D eigenvalue weighted by Gasteiger charge is 2.08. The van der Waals surface area contributed by atoms with Gasteiger partial charge in [0, 0.05) is 18.8 Å². The zero-order chi connectivity index (χ0) is 13.0. The molecule has 1 heterocycles. The molecule has 3 N–H and O–H groups in total. The van der Waals surface area contributed by atoms with Gasteiger partial charge >= 0.3 is 0 Å². The van der Waals surface area contributed by atoms with Gasteiger partial charge in [0.05, 0.1) is 11.6 Å². The zero-order valence-corrected chi connectivity index (χ0v) is 11.8. The van der Waals surface area contributed by atoms with E-state index in [2.05, 4.69) is 24.2 Å². The Morgan fingerprint density at radius 2 is 2.24 bits per heavy atom. The smallest absolute Gasteiger partial charge is 0.189 e. The first-order valence-electron chi connectivity index (χ1n) is 5.51. The van der Waals surface area contributed by atoms with Crippen LogP contribution in [0.3, 0.4) is 0 Å². The van der Waals surface area contributed by atoms with E-state index < -0.39 is 0 Å². The minimum absolute atomic E-state index is 0.319. The number of aliphatic imine (C=N–C) groups is 1. The molecule has 96 valence electrons. The summed E-state index contributed by atoms with van der Waals surface area (Å²) in [6.45, 7) is 4.60. The predicted molar refractivity (Wildman–Crippen MR) is 73.6 cm³/mol. The average Bonchev–Trinajstić information content (AvgIpc) is 2.54. The third-order valence-corrected chi connectivity index (χ3v) is 3.48. The Bertz CT molecular complexity index is 412. The van der Waals surface area contributed by atoms with Gasteiger partial charge in [0.25, 0.3) is 0 Å². The summed E-state index contributed by atoms with van der Waals surface area (Å²) in [7, 11) is 1.84. The van der Waals surface area contributed by atoms with E-state index in [-0.39, 0.29) is 0 Å². The number of hydrogen-bond acceptors (Lipinski definition) is 1. The van der Waals surface area contributed by atoms with Gasteiger partial charge in [-0.1, -0.05) is 30.1 Å². The number of nitrogens with one attached hydrogen (secondary N) is 1. The summed E-state index contributed by atoms with van der Waals surface area (Å²) in [6.07, 6.45) is 0.998. The van der Waals surface area contributed by atoms with E-state index in [0.29, 0.717) is 28.7 Å². The van der Waals surface area contributed by atoms with Crippen molar-refractivity contribution in [2.24, 2.45) is 17.8 Å². The van der Waals surface area contributed by atoms with E-state index in [1.807, 2.05) is 7.05 Å². The van der Waals surface area contributed by atoms with Crippen molar-refractivity contribution in [2.45, 2.75) is 32.9 Å². The molecule has 0 saturated heterocycles. The molecule has 0 amide bonds. The molecule has 0 spiro atoms. The summed E-state index contributed by atoms with van der Waals surface area (Å²) in [4.78, 5) is 4.24. The van der Waals surface area contributed by atoms with Crippen molar-refractivity contribution in [2.75, 3.05) is 0 Å². The molecule has 0 fully saturated rings. The van der Waals surface area contributed by atoms with Gasteiger partial charge in [0.2, 0.25) is 0 Å². The van der Waals surface area contributed by atoms with Gasteiger partial charge in [-0.05, 0) is 19.4 Å². The van der Waals surface area contributed by atoms with Crippen LogP contribution in [0.5, 0.6) is 0 Å². The van der Waals surface area contributed by atoms with Crippen LogP contribution in [0.4, 0.5) is 0 Å². The van der Waals surface area contributed by atoms with Crippen molar-refractivity contribution in [3.05, 3.63) is 21.9 Å². The lowest BCUT2D eigenvalue weighted by molar-refractivity contribution is 0.636. The normalized spacial score (nSPS) is 13.8. The quantitative estimate of drug-likeness (QED) is 0.656. The molecule has 0 saturated carbocycles. The molecule has 0 radical (unpaired) electrons. The minimum Gasteiger partial charge on any atom is -0.370 e. The minimum atomic E-state index is 0.319. The Balaban J connectivity index is 2.66. The monoisotopic (exact) mass is 276 g/mol. The zero-order valence-electron chi connectivity index (χ0n) is 10.3. The molecule has 0 aliphatic heterocycles. The van der Waals surface area contributed by atoms with E-state index >= 15 is 0 Å². The Morgan fingerprint density at radius 3 is 2.71 bits per heavy atom. The SMILES string of the molecule is CCC(C)NC(N)=NCc1cc(Cl)c(Cl)n1C. The van der Waals surface area contributed by atoms with Crippen molar-refractivity contribution < 1.29 is 0 Å². The van der Waals surface area contributed by atoms with E-state index in [1.165, 1.54) is 0 Å². The van der Waals surface area contributed by atoms with Crippen LogP contribution in [0.1, 0.15) is 26.0 Å². The second-order valence-electron chi connectivity index (χ2n) is 3.99. The Hall–Kier alpha value is -0.870. The van der Waals surface area contributed by atoms with Crippen molar-refractivity contribution in [1.82, 2.24) is 9.88 Å². The Morgan fingerprint density at radius 1 is 1.59 bits per heavy atom. The van der Waals surface area contributed by atoms with Gasteiger partial charge in [0.1, 0.15) is 5.15 Å². The largest absolute Gasteiger partial charge is 0.370 e. The van der Waals surface area contributed by atoms with Crippen LogP contribution in [0.15, 0.2) is 11.1 Å². The molecule has 0 bridgehead atoms. The first kappa shape index (κ1) is 14.2. The molecule has 4 nitrogen and oxygen atoms in total. The molecule has 0 aromatic carbocycles. The molecular formula is C11H18Cl2N4. The van der Waals surface area contributed by atoms with Crippen LogP contribution in [-0.4, -0.2) is 16.6 Å². The van der Waals surface area contributed by atoms with Gasteiger partial charge in [-0.15, -0.1) is 0 Å². The highest BCUT2D eigenvalue weighted by Crippen LogP contribution is 2.25. The number of nitrogens with two attached hydrogens (primary N) is 1. The topological polar surface area (TPSA) is 55.3 Å². The average molecular weight is 277 g/mol. The molecule has 1 rings (SSSR count). The highest BCUT2D eigenvalue weighted by molar-refractivity contribution is 6.41. The maximum atomic E-state index is 5.96. The van der Waals surface area contributed by atoms with Gasteiger partial charge < -0.3 is 15.6 Å². The van der Waals surface area contributed by atoms with Crippen LogP contribution >= 0.6 is 23.2 Å². The third kappa shape index (κ3) is 3.82. The molecule has 17 heavy (non-hydrogen) atoms. The van der Waals surface area contributed by atoms with Crippen LogP contribution in [0, 0.1) is 0 Å². The lowest BCUT2D eigenvalue weighted by Crippen LogP contribution is -2.38. The number of guanidine groups is 1. The molecule has 0 aliphatic rings. The van der Waals surface area contributed by atoms with Crippen LogP contribution in [0.2, 0.25) is 10.2 Å². The molecule has 1 atom stereocenters. The number of rotatable bonds is 4. The van der Waals surface area contributed by atoms with Gasteiger partial charge in [-0.3, -0.25) is 0 Å². The lowest BCUT2D eigenvalue weighted by Gasteiger charge is -2.11. The van der Waals surface area contributed by atoms with Gasteiger partial charge in [-0.2, -0.15) is 0 Å². The van der Waals surface area contributed by atoms with Gasteiger partial charge in [0.15, 0.2) is 5.96 Å². The van der Waals surface area contributed by atoms with Crippen molar-refractivity contribution >= 4 is 29.2 Å². The molecule has 1 aromatic rings. The van der Waals surface area contributed by atoms with E-state index in [1.54, 1.807) is 10.6 Å². The van der Waals surface area contributed by atoms with Crippen LogP contribution < -0.4 is 11.1 Å². The third-order valence-electron chi connectivity index (χ3n) is 2.63. The molecule has 6 heteroatoms. The Kier molecular flexibility index (Phi) is 5.15. The number of halogens is 2. The van der Waals surface area contributed by atoms with Gasteiger partial charge in [-0.25, -0.2) is 4.99 Å². The van der Waals surface area contributed by atoms with Crippen LogP contribution in [0.25, 0.3) is 0 Å². The summed E-state index contributed by atoms with van der Waals surface area (Å²) < 4.78 is 1.80. The number of hydrogen-bond donors (Lipinski definition) is 2. The second-order valence-corrected chi connectivity index (χ2v) is 4.75. The summed E-state index contributed by atoms with van der Waals surface area (Å²) in [6, 6.07) is 2.11. The lowest BCUT2D eigenvalue weighted by atomic mass is 10.3. The maximum Gasteiger partial charge on any atom is 0.189 e. The number of aromatic nitrogens is 1. The second kappa shape index (κ2) is 6.17. The fourth-order valence-corrected chi connectivity index (χ4v) is 1.72. The molecule has 1 aromatic heterocycles. The first-order valence-corrected chi connectivity index (χ1v) is 6.27. The maximum absolute atomic E-state index is 5.96. The molecule has 1 unspecified atom stereocenters. The van der Waals surface area contributed by atoms with Crippen molar-refractivity contribution in [1.29, 1.82) is 0 Å². The van der Waals surface area contributed by atoms with Crippen LogP contribution in [-0.2, 0) is 13.6 Å². The predicted octanol–water partition coefficient (Wildman–Crippen LogP) is 2.53. The fraction of sp³-hybridized carbons (Fsp3) is 0.545. The Labute approximate surface area is 112 Å². The summed E-state index contributed by atoms with van der Waals surface area (Å²) >= 11 is 11.9. The fourth-order valence-electron chi connectivity index (χ4n) is 1.31. The molecule has 0 aliphatic carbocycles. The van der Waals surface area contributed by atoms with E-state index in [9.17, 15) is 0 Å². The van der Waals surface area contributed by atoms with E-state index in [4.69, 9.17) is 28.9 Å². The van der Waals surface area contributed by atoms with Crippen molar-refractivity contribution in [3.8, 4) is 0 Å². The van der Waals surface area contributed by atoms with Crippen molar-refractivity contribution in [3.63, 3.8) is 0 Å². The molecular weight excluding hydrogens is 259 g/mol. The summed E-state index contributed by atoms with van der Waals surface area (Å²) in [5.74, 6) is 0.438. The standard InChI is InChI=1S/C11H18Cl2N4/c1-4-7(2)16-11(14)15-6-8-5-9(12)10(13)17(8)3/h5,7H,4,6H2,1-3H3,(H3,14,15,16). The summed E-state index contributed by atoms with van der Waals surface area (Å²) in [5.41, 5.74) is 6.68. The number of nitrogens with zero attached hydrogens (tertiary/aromatic N) is 2.